The van der Waals surface area contributed by atoms with Crippen LogP contribution in [0.2, 0.25) is 0 Å². The highest BCUT2D eigenvalue weighted by Gasteiger charge is 2.43. The molecule has 2 amide bonds. The smallest absolute Gasteiger partial charge is 0.408 e. The van der Waals surface area contributed by atoms with Gasteiger partial charge in [0, 0.05) is 39.6 Å². The molecule has 1 saturated heterocycles. The predicted molar refractivity (Wildman–Crippen MR) is 157 cm³/mol. The van der Waals surface area contributed by atoms with Crippen LogP contribution in [0.4, 0.5) is 4.79 Å². The summed E-state index contributed by atoms with van der Waals surface area (Å²) in [5, 5.41) is 15.4. The van der Waals surface area contributed by atoms with E-state index in [2.05, 4.69) is 16.7 Å². The molecule has 0 unspecified atom stereocenters. The third-order valence-corrected chi connectivity index (χ3v) is 7.86. The van der Waals surface area contributed by atoms with Crippen molar-refractivity contribution in [2.45, 2.75) is 63.8 Å². The van der Waals surface area contributed by atoms with Gasteiger partial charge in [0.05, 0.1) is 29.4 Å². The summed E-state index contributed by atoms with van der Waals surface area (Å²) in [6, 6.07) is 15.1. The second-order valence-electron chi connectivity index (χ2n) is 11.1. The molecule has 3 aromatic rings. The molecule has 1 fully saturated rings. The maximum atomic E-state index is 13.4. The first-order valence-electron chi connectivity index (χ1n) is 13.5. The van der Waals surface area contributed by atoms with Crippen molar-refractivity contribution in [2.75, 3.05) is 26.9 Å². The van der Waals surface area contributed by atoms with Gasteiger partial charge in [0.25, 0.3) is 0 Å². The van der Waals surface area contributed by atoms with Crippen LogP contribution in [0.3, 0.4) is 0 Å². The molecule has 11 heteroatoms. The summed E-state index contributed by atoms with van der Waals surface area (Å²) in [5.74, 6) is -0.432. The number of nitrogens with one attached hydrogen (secondary N) is 2. The number of nitrogens with zero attached hydrogens (tertiary/aromatic N) is 2. The second kappa shape index (κ2) is 12.9. The maximum Gasteiger partial charge on any atom is 0.408 e. The average Bonchev–Trinajstić information content (AvgIpc) is 3.25. The number of rotatable bonds is 9. The number of aromatic nitrogens is 1. The number of alkyl carbamates (subject to hydrolysis) is 1. The summed E-state index contributed by atoms with van der Waals surface area (Å²) in [5.41, 5.74) is 1.74. The number of ether oxygens (including phenoxy) is 3. The maximum absolute atomic E-state index is 13.4. The minimum absolute atomic E-state index is 0.0158. The molecule has 0 aliphatic carbocycles. The van der Waals surface area contributed by atoms with Crippen LogP contribution in [0, 0.1) is 11.3 Å². The molecule has 1 atom stereocenters. The van der Waals surface area contributed by atoms with Crippen LogP contribution in [0.15, 0.2) is 47.3 Å². The molecule has 41 heavy (non-hydrogen) atoms. The summed E-state index contributed by atoms with van der Waals surface area (Å²) in [7, 11) is 1.61. The fraction of sp³-hybridized carbons (Fsp3) is 0.467. The minimum Gasteiger partial charge on any atom is -0.444 e. The van der Waals surface area contributed by atoms with Crippen molar-refractivity contribution in [1.82, 2.24) is 15.2 Å². The lowest BCUT2D eigenvalue weighted by Gasteiger charge is -2.37. The molecule has 0 bridgehead atoms. The summed E-state index contributed by atoms with van der Waals surface area (Å²) in [4.78, 5) is 38.3. The molecule has 1 aliphatic rings. The van der Waals surface area contributed by atoms with Crippen LogP contribution in [0.5, 0.6) is 0 Å². The van der Waals surface area contributed by atoms with Crippen molar-refractivity contribution in [3.8, 4) is 17.2 Å². The van der Waals surface area contributed by atoms with Crippen LogP contribution < -0.4 is 15.5 Å². The predicted octanol–water partition coefficient (Wildman–Crippen LogP) is 4.00. The van der Waals surface area contributed by atoms with E-state index in [0.717, 1.165) is 26.9 Å². The Morgan fingerprint density at radius 3 is 2.46 bits per heavy atom. The zero-order chi connectivity index (χ0) is 29.6. The number of carbonyl (C=O) groups excluding carboxylic acids is 2. The van der Waals surface area contributed by atoms with Gasteiger partial charge < -0.3 is 24.8 Å². The Hall–Kier alpha value is -3.72. The summed E-state index contributed by atoms with van der Waals surface area (Å²) in [6.45, 7) is 6.81. The third kappa shape index (κ3) is 7.52. The fourth-order valence-electron chi connectivity index (χ4n) is 4.76. The molecule has 0 radical (unpaired) electrons. The number of methoxy groups -OCH3 is 1. The van der Waals surface area contributed by atoms with Crippen LogP contribution in [-0.2, 0) is 32.0 Å². The number of amides is 2. The van der Waals surface area contributed by atoms with Gasteiger partial charge in [-0.15, -0.1) is 0 Å². The van der Waals surface area contributed by atoms with Crippen molar-refractivity contribution < 1.29 is 23.8 Å². The van der Waals surface area contributed by atoms with Gasteiger partial charge in [0.15, 0.2) is 0 Å². The lowest BCUT2D eigenvalue weighted by Crippen LogP contribution is -2.63. The van der Waals surface area contributed by atoms with E-state index in [4.69, 9.17) is 14.2 Å². The van der Waals surface area contributed by atoms with Gasteiger partial charge in [-0.25, -0.2) is 4.79 Å². The third-order valence-electron chi connectivity index (χ3n) is 6.90. The highest BCUT2D eigenvalue weighted by molar-refractivity contribution is 7.16. The highest BCUT2D eigenvalue weighted by Crippen LogP contribution is 2.27. The van der Waals surface area contributed by atoms with Crippen molar-refractivity contribution in [3.63, 3.8) is 0 Å². The van der Waals surface area contributed by atoms with Crippen molar-refractivity contribution in [3.05, 3.63) is 57.7 Å². The van der Waals surface area contributed by atoms with Gasteiger partial charge in [-0.1, -0.05) is 41.7 Å². The highest BCUT2D eigenvalue weighted by atomic mass is 32.1. The summed E-state index contributed by atoms with van der Waals surface area (Å²) < 4.78 is 18.6. The Balaban J connectivity index is 1.46. The Morgan fingerprint density at radius 1 is 1.15 bits per heavy atom. The van der Waals surface area contributed by atoms with Crippen LogP contribution >= 0.6 is 11.3 Å². The summed E-state index contributed by atoms with van der Waals surface area (Å²) >= 11 is 1.21. The first-order valence-corrected chi connectivity index (χ1v) is 14.4. The molecular formula is C30H36N4O6S. The number of thiazole rings is 1. The van der Waals surface area contributed by atoms with E-state index >= 15 is 0 Å². The normalized spacial score (nSPS) is 15.6. The zero-order valence-electron chi connectivity index (χ0n) is 23.8. The molecule has 1 aliphatic heterocycles. The number of hydrogen-bond acceptors (Lipinski definition) is 8. The van der Waals surface area contributed by atoms with Crippen molar-refractivity contribution >= 4 is 33.6 Å². The largest absolute Gasteiger partial charge is 0.444 e. The lowest BCUT2D eigenvalue weighted by molar-refractivity contribution is -0.132. The van der Waals surface area contributed by atoms with Gasteiger partial charge in [-0.3, -0.25) is 14.2 Å². The minimum atomic E-state index is -1.22. The van der Waals surface area contributed by atoms with Gasteiger partial charge in [-0.05, 0) is 49.6 Å². The number of benzene rings is 2. The van der Waals surface area contributed by atoms with E-state index in [1.54, 1.807) is 32.4 Å². The molecule has 218 valence electrons. The van der Waals surface area contributed by atoms with Gasteiger partial charge >= 0.3 is 11.0 Å². The zero-order valence-corrected chi connectivity index (χ0v) is 24.6. The molecule has 2 N–H and O–H groups in total. The van der Waals surface area contributed by atoms with Crippen molar-refractivity contribution in [1.29, 1.82) is 5.26 Å². The lowest BCUT2D eigenvalue weighted by atomic mass is 9.88. The molecule has 4 rings (SSSR count). The Bertz CT molecular complexity index is 1480. The van der Waals surface area contributed by atoms with E-state index in [1.165, 1.54) is 11.3 Å². The van der Waals surface area contributed by atoms with E-state index in [9.17, 15) is 19.6 Å². The van der Waals surface area contributed by atoms with E-state index in [1.807, 2.05) is 42.5 Å². The quantitative estimate of drug-likeness (QED) is 0.391. The van der Waals surface area contributed by atoms with Crippen LogP contribution in [0.1, 0.15) is 39.2 Å². The standard InChI is InChI=1S/C30H36N4O6S/c1-29(2,3)40-27(36)33-30(11-14-39-15-12-30)26(35)32-23(19-31)17-20-5-7-21(8-6-20)22-9-10-25-24(18-22)34(13-16-38-4)28(37)41-25/h5-10,18,23H,11-17H2,1-4H3,(H,32,35)(H,33,36)/t23-/m0/s1. The van der Waals surface area contributed by atoms with Gasteiger partial charge in [0.2, 0.25) is 5.91 Å². The van der Waals surface area contributed by atoms with Gasteiger partial charge in [-0.2, -0.15) is 5.26 Å². The topological polar surface area (TPSA) is 132 Å². The van der Waals surface area contributed by atoms with Gasteiger partial charge in [0.1, 0.15) is 17.2 Å². The van der Waals surface area contributed by atoms with E-state index in [-0.39, 0.29) is 17.7 Å². The molecule has 2 aromatic carbocycles. The number of hydrogen-bond donors (Lipinski definition) is 2. The monoisotopic (exact) mass is 580 g/mol. The molecule has 10 nitrogen and oxygen atoms in total. The Kier molecular flexibility index (Phi) is 9.48. The first kappa shape index (κ1) is 30.2. The molecular weight excluding hydrogens is 544 g/mol. The molecule has 2 heterocycles. The average molecular weight is 581 g/mol. The van der Waals surface area contributed by atoms with E-state index in [0.29, 0.717) is 32.8 Å². The molecule has 1 aromatic heterocycles. The number of nitriles is 1. The Labute approximate surface area is 243 Å². The Morgan fingerprint density at radius 2 is 1.83 bits per heavy atom. The number of carbonyl (C=O) groups is 2. The number of fused-ring (bicyclic) bond motifs is 1. The van der Waals surface area contributed by atoms with E-state index < -0.39 is 29.2 Å². The van der Waals surface area contributed by atoms with Crippen LogP contribution in [0.25, 0.3) is 21.3 Å². The molecule has 0 spiro atoms. The summed E-state index contributed by atoms with van der Waals surface area (Å²) in [6.07, 6.45) is 0.161. The van der Waals surface area contributed by atoms with Crippen LogP contribution in [-0.4, -0.2) is 60.7 Å². The fourth-order valence-corrected chi connectivity index (χ4v) is 5.66. The van der Waals surface area contributed by atoms with Crippen molar-refractivity contribution in [2.24, 2.45) is 0 Å². The molecule has 0 saturated carbocycles. The second-order valence-corrected chi connectivity index (χ2v) is 12.1. The first-order chi connectivity index (χ1) is 19.5. The SMILES string of the molecule is COCCn1c(=O)sc2ccc(-c3ccc(C[C@@H](C#N)NC(=O)C4(NC(=O)OC(C)(C)C)CCOCC4)cc3)cc21.